The molecule has 0 aliphatic carbocycles. The van der Waals surface area contributed by atoms with Gasteiger partial charge in [0.15, 0.2) is 0 Å². The van der Waals surface area contributed by atoms with E-state index in [4.69, 9.17) is 4.74 Å². The molecule has 5 heteroatoms. The second-order valence-corrected chi connectivity index (χ2v) is 7.09. The van der Waals surface area contributed by atoms with Crippen molar-refractivity contribution < 1.29 is 13.9 Å². The van der Waals surface area contributed by atoms with Gasteiger partial charge in [0.2, 0.25) is 5.91 Å². The van der Waals surface area contributed by atoms with Crippen LogP contribution < -0.4 is 10.1 Å². The van der Waals surface area contributed by atoms with Gasteiger partial charge in [0.25, 0.3) is 0 Å². The molecular formula is C21H18FNO2S. The van der Waals surface area contributed by atoms with Crippen LogP contribution in [0.15, 0.2) is 53.9 Å². The van der Waals surface area contributed by atoms with Crippen LogP contribution in [0.3, 0.4) is 0 Å². The lowest BCUT2D eigenvalue weighted by Gasteiger charge is -2.25. The topological polar surface area (TPSA) is 38.3 Å². The first-order chi connectivity index (χ1) is 12.7. The van der Waals surface area contributed by atoms with Gasteiger partial charge in [0.05, 0.1) is 12.3 Å². The van der Waals surface area contributed by atoms with E-state index in [1.165, 1.54) is 12.1 Å². The highest BCUT2D eigenvalue weighted by Crippen LogP contribution is 2.48. The molecule has 4 rings (SSSR count). The van der Waals surface area contributed by atoms with Crippen molar-refractivity contribution in [2.75, 3.05) is 11.9 Å². The molecule has 1 aromatic heterocycles. The Morgan fingerprint density at radius 3 is 2.88 bits per heavy atom. The quantitative estimate of drug-likeness (QED) is 0.668. The van der Waals surface area contributed by atoms with Crippen molar-refractivity contribution in [1.29, 1.82) is 0 Å². The van der Waals surface area contributed by atoms with Crippen molar-refractivity contribution in [3.05, 3.63) is 70.2 Å². The number of hydrogen-bond donors (Lipinski definition) is 1. The number of nitrogens with one attached hydrogen (secondary N) is 1. The largest absolute Gasteiger partial charge is 0.494 e. The third-order valence-electron chi connectivity index (χ3n) is 4.52. The van der Waals surface area contributed by atoms with Crippen molar-refractivity contribution in [1.82, 2.24) is 0 Å². The van der Waals surface area contributed by atoms with Gasteiger partial charge in [-0.05, 0) is 30.7 Å². The van der Waals surface area contributed by atoms with Crippen molar-refractivity contribution in [3.8, 4) is 16.9 Å². The number of halogens is 1. The average molecular weight is 367 g/mol. The zero-order valence-corrected chi connectivity index (χ0v) is 15.1. The summed E-state index contributed by atoms with van der Waals surface area (Å²) in [6.45, 7) is 2.52. The highest BCUT2D eigenvalue weighted by Gasteiger charge is 2.32. The molecule has 0 bridgehead atoms. The number of hydrogen-bond acceptors (Lipinski definition) is 3. The molecular weight excluding hydrogens is 349 g/mol. The minimum atomic E-state index is -0.289. The summed E-state index contributed by atoms with van der Waals surface area (Å²) >= 11 is 1.59. The Kier molecular flexibility index (Phi) is 4.47. The van der Waals surface area contributed by atoms with E-state index in [2.05, 4.69) is 5.32 Å². The van der Waals surface area contributed by atoms with Gasteiger partial charge < -0.3 is 10.1 Å². The van der Waals surface area contributed by atoms with E-state index in [1.54, 1.807) is 17.4 Å². The lowest BCUT2D eigenvalue weighted by atomic mass is 9.88. The van der Waals surface area contributed by atoms with Crippen LogP contribution in [0, 0.1) is 5.82 Å². The number of fused-ring (bicyclic) bond motifs is 1. The first kappa shape index (κ1) is 16.8. The van der Waals surface area contributed by atoms with Crippen molar-refractivity contribution in [2.45, 2.75) is 19.3 Å². The first-order valence-electron chi connectivity index (χ1n) is 8.56. The number of rotatable bonds is 4. The lowest BCUT2D eigenvalue weighted by Crippen LogP contribution is -2.22. The number of ether oxygens (including phenoxy) is 1. The predicted molar refractivity (Wildman–Crippen MR) is 102 cm³/mol. The molecule has 3 aromatic rings. The van der Waals surface area contributed by atoms with Crippen LogP contribution in [0.1, 0.15) is 29.7 Å². The third-order valence-corrected chi connectivity index (χ3v) is 5.62. The molecule has 1 amide bonds. The molecule has 0 saturated heterocycles. The van der Waals surface area contributed by atoms with Crippen molar-refractivity contribution >= 4 is 22.9 Å². The minimum absolute atomic E-state index is 0.0372. The highest BCUT2D eigenvalue weighted by molar-refractivity contribution is 7.11. The highest BCUT2D eigenvalue weighted by atomic mass is 32.1. The van der Waals surface area contributed by atoms with Crippen molar-refractivity contribution in [3.63, 3.8) is 0 Å². The average Bonchev–Trinajstić information content (AvgIpc) is 3.05. The number of carbonyl (C=O) groups is 1. The summed E-state index contributed by atoms with van der Waals surface area (Å²) in [5.74, 6) is 0.419. The zero-order valence-electron chi connectivity index (χ0n) is 14.3. The van der Waals surface area contributed by atoms with Crippen LogP contribution in [0.2, 0.25) is 0 Å². The van der Waals surface area contributed by atoms with Crippen LogP contribution in [-0.4, -0.2) is 12.5 Å². The van der Waals surface area contributed by atoms with Gasteiger partial charge in [-0.25, -0.2) is 4.39 Å². The Balaban J connectivity index is 1.82. The number of thiophene rings is 1. The van der Waals surface area contributed by atoms with Gasteiger partial charge in [-0.1, -0.05) is 30.3 Å². The van der Waals surface area contributed by atoms with Crippen LogP contribution in [0.4, 0.5) is 10.1 Å². The van der Waals surface area contributed by atoms with Gasteiger partial charge in [-0.15, -0.1) is 11.3 Å². The first-order valence-corrected chi connectivity index (χ1v) is 9.44. The molecule has 0 saturated carbocycles. The van der Waals surface area contributed by atoms with E-state index in [0.717, 1.165) is 33.0 Å². The Hall–Kier alpha value is -2.66. The fraction of sp³-hybridized carbons (Fsp3) is 0.190. The zero-order chi connectivity index (χ0) is 18.1. The molecule has 0 unspecified atom stereocenters. The van der Waals surface area contributed by atoms with Crippen LogP contribution in [0.25, 0.3) is 11.1 Å². The number of anilines is 1. The molecule has 2 aromatic carbocycles. The second-order valence-electron chi connectivity index (χ2n) is 6.17. The molecule has 132 valence electrons. The summed E-state index contributed by atoms with van der Waals surface area (Å²) in [6.07, 6.45) is 0.375. The maximum Gasteiger partial charge on any atom is 0.225 e. The fourth-order valence-corrected chi connectivity index (χ4v) is 4.55. The molecule has 0 spiro atoms. The summed E-state index contributed by atoms with van der Waals surface area (Å²) in [5.41, 5.74) is 3.42. The lowest BCUT2D eigenvalue weighted by molar-refractivity contribution is -0.116. The summed E-state index contributed by atoms with van der Waals surface area (Å²) in [5, 5.41) is 4.97. The summed E-state index contributed by atoms with van der Waals surface area (Å²) in [4.78, 5) is 13.5. The molecule has 1 aliphatic rings. The van der Waals surface area contributed by atoms with Crippen molar-refractivity contribution in [2.24, 2.45) is 0 Å². The van der Waals surface area contributed by atoms with E-state index in [0.29, 0.717) is 13.0 Å². The SMILES string of the molecule is CCOc1ccccc1[C@H]1CC(=O)Nc2c(-c3cccc(F)c3)csc21. The molecule has 0 fully saturated rings. The van der Waals surface area contributed by atoms with Gasteiger partial charge >= 0.3 is 0 Å². The van der Waals surface area contributed by atoms with E-state index < -0.39 is 0 Å². The number of para-hydroxylation sites is 1. The minimum Gasteiger partial charge on any atom is -0.494 e. The Bertz CT molecular complexity index is 966. The normalized spacial score (nSPS) is 16.1. The third kappa shape index (κ3) is 2.99. The Morgan fingerprint density at radius 1 is 1.23 bits per heavy atom. The number of amides is 1. The van der Waals surface area contributed by atoms with E-state index in [-0.39, 0.29) is 17.6 Å². The summed E-state index contributed by atoms with van der Waals surface area (Å²) < 4.78 is 19.4. The Morgan fingerprint density at radius 2 is 2.08 bits per heavy atom. The standard InChI is InChI=1S/C21H18FNO2S/c1-2-25-18-9-4-3-8-15(18)16-11-19(24)23-20-17(12-26-21(16)20)13-6-5-7-14(22)10-13/h3-10,12,16H,2,11H2,1H3,(H,23,24)/t16-/m1/s1. The summed E-state index contributed by atoms with van der Waals surface area (Å²) in [7, 11) is 0. The predicted octanol–water partition coefficient (Wildman–Crippen LogP) is 5.43. The Labute approximate surface area is 155 Å². The van der Waals surface area contributed by atoms with Gasteiger partial charge in [-0.2, -0.15) is 0 Å². The number of benzene rings is 2. The number of carbonyl (C=O) groups excluding carboxylic acids is 1. The van der Waals surface area contributed by atoms with E-state index in [1.807, 2.05) is 42.6 Å². The van der Waals surface area contributed by atoms with E-state index in [9.17, 15) is 9.18 Å². The molecule has 26 heavy (non-hydrogen) atoms. The molecule has 1 aliphatic heterocycles. The molecule has 1 N–H and O–H groups in total. The fourth-order valence-electron chi connectivity index (χ4n) is 3.40. The monoisotopic (exact) mass is 367 g/mol. The smallest absolute Gasteiger partial charge is 0.225 e. The van der Waals surface area contributed by atoms with Crippen LogP contribution in [0.5, 0.6) is 5.75 Å². The molecule has 1 atom stereocenters. The maximum atomic E-state index is 13.6. The van der Waals surface area contributed by atoms with Gasteiger partial charge in [0.1, 0.15) is 11.6 Å². The van der Waals surface area contributed by atoms with Gasteiger partial charge in [0, 0.05) is 33.7 Å². The van der Waals surface area contributed by atoms with Crippen LogP contribution >= 0.6 is 11.3 Å². The maximum absolute atomic E-state index is 13.6. The molecule has 0 radical (unpaired) electrons. The second kappa shape index (κ2) is 6.92. The summed E-state index contributed by atoms with van der Waals surface area (Å²) in [6, 6.07) is 14.3. The molecule has 2 heterocycles. The van der Waals surface area contributed by atoms with Gasteiger partial charge in [-0.3, -0.25) is 4.79 Å². The van der Waals surface area contributed by atoms with E-state index >= 15 is 0 Å². The van der Waals surface area contributed by atoms with Crippen LogP contribution in [-0.2, 0) is 4.79 Å². The molecule has 3 nitrogen and oxygen atoms in total.